The van der Waals surface area contributed by atoms with E-state index in [1.807, 2.05) is 6.92 Å². The van der Waals surface area contributed by atoms with Gasteiger partial charge in [0.2, 0.25) is 10.0 Å². The molecule has 0 unspecified atom stereocenters. The van der Waals surface area contributed by atoms with E-state index < -0.39 is 10.0 Å². The lowest BCUT2D eigenvalue weighted by atomic mass is 10.0. The number of sulfonamides is 1. The summed E-state index contributed by atoms with van der Waals surface area (Å²) in [6.07, 6.45) is 0.848. The third-order valence-corrected chi connectivity index (χ3v) is 5.22. The lowest BCUT2D eigenvalue weighted by Crippen LogP contribution is -2.46. The van der Waals surface area contributed by atoms with Crippen molar-refractivity contribution in [3.63, 3.8) is 0 Å². The van der Waals surface area contributed by atoms with Gasteiger partial charge in [-0.15, -0.1) is 0 Å². The monoisotopic (exact) mass is 326 g/mol. The van der Waals surface area contributed by atoms with Crippen molar-refractivity contribution in [1.29, 1.82) is 0 Å². The predicted molar refractivity (Wildman–Crippen MR) is 84.5 cm³/mol. The van der Waals surface area contributed by atoms with E-state index in [4.69, 9.17) is 4.74 Å². The quantitative estimate of drug-likeness (QED) is 0.833. The molecule has 0 spiro atoms. The molecular weight excluding hydrogens is 304 g/mol. The van der Waals surface area contributed by atoms with Gasteiger partial charge in [-0.2, -0.15) is 0 Å². The molecule has 2 atom stereocenters. The van der Waals surface area contributed by atoms with E-state index in [9.17, 15) is 13.2 Å². The van der Waals surface area contributed by atoms with Gasteiger partial charge in [-0.25, -0.2) is 12.7 Å². The Labute approximate surface area is 131 Å². The number of hydrogen-bond donors (Lipinski definition) is 0. The highest BCUT2D eigenvalue weighted by Crippen LogP contribution is 2.26. The highest BCUT2D eigenvalue weighted by Gasteiger charge is 2.30. The van der Waals surface area contributed by atoms with Crippen molar-refractivity contribution in [2.75, 3.05) is 33.4 Å². The summed E-state index contributed by atoms with van der Waals surface area (Å²) in [6.45, 7) is 2.71. The van der Waals surface area contributed by atoms with Gasteiger partial charge in [0.25, 0.3) is 5.91 Å². The number of para-hydroxylation sites is 1. The summed E-state index contributed by atoms with van der Waals surface area (Å²) < 4.78 is 30.5. The predicted octanol–water partition coefficient (Wildman–Crippen LogP) is 1.05. The van der Waals surface area contributed by atoms with Crippen LogP contribution in [-0.2, 0) is 10.0 Å². The average Bonchev–Trinajstić information content (AvgIpc) is 2.44. The Bertz CT molecular complexity index is 659. The third kappa shape index (κ3) is 3.59. The molecule has 1 aromatic carbocycles. The molecule has 1 aliphatic rings. The van der Waals surface area contributed by atoms with Gasteiger partial charge in [-0.1, -0.05) is 19.1 Å². The highest BCUT2D eigenvalue weighted by atomic mass is 32.2. The SMILES string of the molecule is C[C@@H]1CN(C)C(=O)c2ccccc2O[C@@H]1CN(C)S(C)(=O)=O. The second-order valence-corrected chi connectivity index (χ2v) is 7.95. The molecule has 1 aromatic rings. The van der Waals surface area contributed by atoms with Gasteiger partial charge < -0.3 is 9.64 Å². The lowest BCUT2D eigenvalue weighted by Gasteiger charge is -2.34. The summed E-state index contributed by atoms with van der Waals surface area (Å²) in [5, 5.41) is 0. The highest BCUT2D eigenvalue weighted by molar-refractivity contribution is 7.88. The van der Waals surface area contributed by atoms with E-state index in [0.29, 0.717) is 17.9 Å². The van der Waals surface area contributed by atoms with E-state index in [1.54, 1.807) is 36.2 Å². The van der Waals surface area contributed by atoms with Crippen LogP contribution < -0.4 is 4.74 Å². The second kappa shape index (κ2) is 6.26. The molecule has 0 N–H and O–H groups in total. The molecule has 0 aromatic heterocycles. The topological polar surface area (TPSA) is 66.9 Å². The fraction of sp³-hybridized carbons (Fsp3) is 0.533. The van der Waals surface area contributed by atoms with Gasteiger partial charge in [0, 0.05) is 26.6 Å². The van der Waals surface area contributed by atoms with Crippen LogP contribution in [0, 0.1) is 5.92 Å². The first-order valence-electron chi connectivity index (χ1n) is 7.12. The van der Waals surface area contributed by atoms with Gasteiger partial charge in [0.1, 0.15) is 11.9 Å². The zero-order valence-corrected chi connectivity index (χ0v) is 14.1. The Morgan fingerprint density at radius 2 is 2.00 bits per heavy atom. The summed E-state index contributed by atoms with van der Waals surface area (Å²) in [5.41, 5.74) is 0.504. The van der Waals surface area contributed by atoms with Crippen LogP contribution in [-0.4, -0.2) is 63.1 Å². The van der Waals surface area contributed by atoms with Gasteiger partial charge in [0.15, 0.2) is 0 Å². The van der Waals surface area contributed by atoms with Crippen LogP contribution in [0.15, 0.2) is 24.3 Å². The normalized spacial score (nSPS) is 22.8. The second-order valence-electron chi connectivity index (χ2n) is 5.86. The largest absolute Gasteiger partial charge is 0.488 e. The Kier molecular flexibility index (Phi) is 4.77. The van der Waals surface area contributed by atoms with E-state index >= 15 is 0 Å². The molecule has 122 valence electrons. The number of nitrogens with zero attached hydrogens (tertiary/aromatic N) is 2. The van der Waals surface area contributed by atoms with Crippen molar-refractivity contribution < 1.29 is 17.9 Å². The van der Waals surface area contributed by atoms with Crippen LogP contribution in [0.4, 0.5) is 0 Å². The lowest BCUT2D eigenvalue weighted by molar-refractivity contribution is 0.0605. The van der Waals surface area contributed by atoms with Crippen molar-refractivity contribution in [3.8, 4) is 5.75 Å². The maximum atomic E-state index is 12.4. The summed E-state index contributed by atoms with van der Waals surface area (Å²) in [4.78, 5) is 14.0. The molecule has 1 aliphatic heterocycles. The Balaban J connectivity index is 2.33. The number of benzene rings is 1. The number of rotatable bonds is 3. The molecule has 0 fully saturated rings. The number of carbonyl (C=O) groups is 1. The molecule has 2 rings (SSSR count). The van der Waals surface area contributed by atoms with Gasteiger partial charge in [-0.05, 0) is 12.1 Å². The zero-order valence-electron chi connectivity index (χ0n) is 13.3. The molecule has 0 bridgehead atoms. The zero-order chi connectivity index (χ0) is 16.5. The van der Waals surface area contributed by atoms with Crippen molar-refractivity contribution in [1.82, 2.24) is 9.21 Å². The molecule has 0 saturated carbocycles. The van der Waals surface area contributed by atoms with Crippen LogP contribution in [0.5, 0.6) is 5.75 Å². The number of hydrogen-bond acceptors (Lipinski definition) is 4. The summed E-state index contributed by atoms with van der Waals surface area (Å²) in [6, 6.07) is 7.06. The molecule has 6 nitrogen and oxygen atoms in total. The molecule has 1 amide bonds. The van der Waals surface area contributed by atoms with Crippen LogP contribution in [0.1, 0.15) is 17.3 Å². The van der Waals surface area contributed by atoms with Crippen LogP contribution in [0.3, 0.4) is 0 Å². The Hall–Kier alpha value is -1.60. The van der Waals surface area contributed by atoms with Gasteiger partial charge in [-0.3, -0.25) is 4.79 Å². The standard InChI is InChI=1S/C15H22N2O4S/c1-11-9-16(2)15(18)12-7-5-6-8-13(12)21-14(11)10-17(3)22(4,19)20/h5-8,11,14H,9-10H2,1-4H3/t11-,14-/m1/s1. The number of fused-ring (bicyclic) bond motifs is 1. The van der Waals surface area contributed by atoms with E-state index in [2.05, 4.69) is 0 Å². The minimum atomic E-state index is -3.28. The van der Waals surface area contributed by atoms with E-state index in [-0.39, 0.29) is 24.5 Å². The van der Waals surface area contributed by atoms with E-state index in [1.165, 1.54) is 17.6 Å². The smallest absolute Gasteiger partial charge is 0.257 e. The fourth-order valence-electron chi connectivity index (χ4n) is 2.47. The number of likely N-dealkylation sites (N-methyl/N-ethyl adjacent to an activating group) is 1. The number of carbonyl (C=O) groups excluding carboxylic acids is 1. The fourth-order valence-corrected chi connectivity index (χ4v) is 2.89. The van der Waals surface area contributed by atoms with Gasteiger partial charge in [0.05, 0.1) is 18.4 Å². The van der Waals surface area contributed by atoms with Crippen molar-refractivity contribution >= 4 is 15.9 Å². The van der Waals surface area contributed by atoms with Gasteiger partial charge >= 0.3 is 0 Å². The molecule has 0 saturated heterocycles. The van der Waals surface area contributed by atoms with Crippen LogP contribution in [0.25, 0.3) is 0 Å². The molecule has 7 heteroatoms. The van der Waals surface area contributed by atoms with Crippen molar-refractivity contribution in [3.05, 3.63) is 29.8 Å². The Morgan fingerprint density at radius 3 is 2.64 bits per heavy atom. The summed E-state index contributed by atoms with van der Waals surface area (Å²) in [5.74, 6) is 0.418. The van der Waals surface area contributed by atoms with Crippen molar-refractivity contribution in [2.24, 2.45) is 5.92 Å². The molecule has 1 heterocycles. The minimum Gasteiger partial charge on any atom is -0.488 e. The molecule has 0 radical (unpaired) electrons. The van der Waals surface area contributed by atoms with E-state index in [0.717, 1.165) is 0 Å². The first-order valence-corrected chi connectivity index (χ1v) is 8.97. The molecule has 22 heavy (non-hydrogen) atoms. The third-order valence-electron chi connectivity index (χ3n) is 3.94. The summed E-state index contributed by atoms with van der Waals surface area (Å²) in [7, 11) is 0.00545. The first-order chi connectivity index (χ1) is 10.2. The van der Waals surface area contributed by atoms with Crippen molar-refractivity contribution in [2.45, 2.75) is 13.0 Å². The first kappa shape index (κ1) is 16.8. The summed E-state index contributed by atoms with van der Waals surface area (Å²) >= 11 is 0. The maximum absolute atomic E-state index is 12.4. The molecular formula is C15H22N2O4S. The number of ether oxygens (including phenoxy) is 1. The van der Waals surface area contributed by atoms with Crippen LogP contribution in [0.2, 0.25) is 0 Å². The maximum Gasteiger partial charge on any atom is 0.257 e. The minimum absolute atomic E-state index is 0.00602. The Morgan fingerprint density at radius 1 is 1.36 bits per heavy atom. The number of amides is 1. The van der Waals surface area contributed by atoms with Crippen LogP contribution >= 0.6 is 0 Å². The molecule has 0 aliphatic carbocycles. The average molecular weight is 326 g/mol.